The fourth-order valence-electron chi connectivity index (χ4n) is 1.85. The zero-order valence-electron chi connectivity index (χ0n) is 9.80. The van der Waals surface area contributed by atoms with Crippen LogP contribution in [0.25, 0.3) is 0 Å². The maximum atomic E-state index is 5.81. The van der Waals surface area contributed by atoms with Crippen molar-refractivity contribution < 1.29 is 9.47 Å². The van der Waals surface area contributed by atoms with E-state index in [1.54, 1.807) is 0 Å². The largest absolute Gasteiger partial charge is 0.485 e. The quantitative estimate of drug-likeness (QED) is 0.837. The molecular weight excluding hydrogens is 232 g/mol. The van der Waals surface area contributed by atoms with Crippen LogP contribution in [-0.4, -0.2) is 28.3 Å². The van der Waals surface area contributed by atoms with E-state index in [1.807, 2.05) is 24.3 Å². The lowest BCUT2D eigenvalue weighted by Gasteiger charge is -2.24. The topological polar surface area (TPSA) is 86.1 Å². The first kappa shape index (κ1) is 11.0. The predicted molar refractivity (Wildman–Crippen MR) is 64.4 cm³/mol. The average Bonchev–Trinajstić information content (AvgIpc) is 2.87. The number of hydrogen-bond donors (Lipinski definition) is 2. The summed E-state index contributed by atoms with van der Waals surface area (Å²) >= 11 is 0. The Kier molecular flexibility index (Phi) is 2.85. The Bertz CT molecular complexity index is 540. The molecule has 0 fully saturated rings. The Hall–Kier alpha value is -2.08. The van der Waals surface area contributed by atoms with Crippen molar-refractivity contribution in [1.82, 2.24) is 15.2 Å². The van der Waals surface area contributed by atoms with E-state index in [9.17, 15) is 0 Å². The Morgan fingerprint density at radius 3 is 3.00 bits per heavy atom. The van der Waals surface area contributed by atoms with Gasteiger partial charge in [0.2, 0.25) is 0 Å². The third kappa shape index (κ3) is 2.02. The van der Waals surface area contributed by atoms with Gasteiger partial charge in [0.1, 0.15) is 12.4 Å². The monoisotopic (exact) mass is 246 g/mol. The third-order valence-corrected chi connectivity index (χ3v) is 2.73. The van der Waals surface area contributed by atoms with Crippen molar-refractivity contribution in [2.45, 2.75) is 12.5 Å². The van der Waals surface area contributed by atoms with Crippen LogP contribution in [0.15, 0.2) is 24.3 Å². The van der Waals surface area contributed by atoms with E-state index < -0.39 is 0 Å². The minimum absolute atomic E-state index is 0.275. The molecule has 0 spiro atoms. The molecule has 6 heteroatoms. The number of benzene rings is 1. The molecule has 0 saturated heterocycles. The molecule has 0 amide bonds. The van der Waals surface area contributed by atoms with Gasteiger partial charge in [0.25, 0.3) is 0 Å². The highest BCUT2D eigenvalue weighted by Gasteiger charge is 2.25. The van der Waals surface area contributed by atoms with Crippen LogP contribution in [0.4, 0.5) is 0 Å². The van der Waals surface area contributed by atoms with Crippen LogP contribution in [0.3, 0.4) is 0 Å². The number of para-hydroxylation sites is 2. The molecule has 0 saturated carbocycles. The summed E-state index contributed by atoms with van der Waals surface area (Å²) in [6.45, 7) is 0.955. The van der Waals surface area contributed by atoms with E-state index in [1.165, 1.54) is 0 Å². The molecule has 1 aliphatic rings. The zero-order valence-corrected chi connectivity index (χ0v) is 9.80. The highest BCUT2D eigenvalue weighted by molar-refractivity contribution is 5.40. The average molecular weight is 246 g/mol. The van der Waals surface area contributed by atoms with Crippen molar-refractivity contribution in [3.05, 3.63) is 35.9 Å². The first-order valence-electron chi connectivity index (χ1n) is 5.86. The maximum absolute atomic E-state index is 5.81. The van der Waals surface area contributed by atoms with Crippen molar-refractivity contribution in [1.29, 1.82) is 0 Å². The molecule has 18 heavy (non-hydrogen) atoms. The summed E-state index contributed by atoms with van der Waals surface area (Å²) < 4.78 is 11.4. The van der Waals surface area contributed by atoms with Crippen molar-refractivity contribution >= 4 is 0 Å². The summed E-state index contributed by atoms with van der Waals surface area (Å²) in [6.07, 6.45) is 0.402. The summed E-state index contributed by atoms with van der Waals surface area (Å²) in [5, 5.41) is 6.99. The second-order valence-electron chi connectivity index (χ2n) is 4.04. The number of aromatic nitrogens is 3. The lowest BCUT2D eigenvalue weighted by atomic mass is 10.2. The van der Waals surface area contributed by atoms with E-state index in [2.05, 4.69) is 15.2 Å². The van der Waals surface area contributed by atoms with Gasteiger partial charge in [0, 0.05) is 6.42 Å². The van der Waals surface area contributed by atoms with Crippen LogP contribution in [0.2, 0.25) is 0 Å². The van der Waals surface area contributed by atoms with Crippen molar-refractivity contribution in [3.8, 4) is 11.5 Å². The molecule has 1 unspecified atom stereocenters. The Morgan fingerprint density at radius 2 is 2.17 bits per heavy atom. The van der Waals surface area contributed by atoms with E-state index in [-0.39, 0.29) is 6.10 Å². The van der Waals surface area contributed by atoms with Gasteiger partial charge in [-0.1, -0.05) is 12.1 Å². The Labute approximate surface area is 104 Å². The molecule has 0 bridgehead atoms. The van der Waals surface area contributed by atoms with Gasteiger partial charge in [-0.25, -0.2) is 4.98 Å². The van der Waals surface area contributed by atoms with Crippen LogP contribution >= 0.6 is 0 Å². The van der Waals surface area contributed by atoms with Crippen molar-refractivity contribution in [3.63, 3.8) is 0 Å². The van der Waals surface area contributed by atoms with Crippen LogP contribution in [0.5, 0.6) is 11.5 Å². The molecule has 2 heterocycles. The van der Waals surface area contributed by atoms with E-state index in [4.69, 9.17) is 15.2 Å². The van der Waals surface area contributed by atoms with Gasteiger partial charge in [0.15, 0.2) is 23.4 Å². The number of nitrogens with zero attached hydrogens (tertiary/aromatic N) is 2. The van der Waals surface area contributed by atoms with Gasteiger partial charge in [-0.15, -0.1) is 0 Å². The van der Waals surface area contributed by atoms with Crippen molar-refractivity contribution in [2.24, 2.45) is 5.73 Å². The molecule has 94 valence electrons. The SMILES string of the molecule is NCCc1nc(C2COc3ccccc3O2)n[nH]1. The minimum Gasteiger partial charge on any atom is -0.485 e. The normalized spacial score (nSPS) is 17.7. The number of ether oxygens (including phenoxy) is 2. The number of aromatic amines is 1. The third-order valence-electron chi connectivity index (χ3n) is 2.73. The Balaban J connectivity index is 1.78. The second kappa shape index (κ2) is 4.66. The fourth-order valence-corrected chi connectivity index (χ4v) is 1.85. The number of rotatable bonds is 3. The smallest absolute Gasteiger partial charge is 0.194 e. The molecule has 0 radical (unpaired) electrons. The van der Waals surface area contributed by atoms with E-state index >= 15 is 0 Å². The maximum Gasteiger partial charge on any atom is 0.194 e. The van der Waals surface area contributed by atoms with Gasteiger partial charge in [-0.2, -0.15) is 5.10 Å². The van der Waals surface area contributed by atoms with Gasteiger partial charge in [0.05, 0.1) is 0 Å². The summed E-state index contributed by atoms with van der Waals surface area (Å²) in [5.74, 6) is 2.85. The summed E-state index contributed by atoms with van der Waals surface area (Å²) in [5.41, 5.74) is 5.47. The number of fused-ring (bicyclic) bond motifs is 1. The van der Waals surface area contributed by atoms with Gasteiger partial charge < -0.3 is 15.2 Å². The van der Waals surface area contributed by atoms with E-state index in [0.29, 0.717) is 25.4 Å². The van der Waals surface area contributed by atoms with Crippen LogP contribution < -0.4 is 15.2 Å². The van der Waals surface area contributed by atoms with Gasteiger partial charge in [-0.3, -0.25) is 5.10 Å². The number of nitrogens with one attached hydrogen (secondary N) is 1. The first-order chi connectivity index (χ1) is 8.86. The lowest BCUT2D eigenvalue weighted by Crippen LogP contribution is -2.22. The fraction of sp³-hybridized carbons (Fsp3) is 0.333. The van der Waals surface area contributed by atoms with Gasteiger partial charge >= 0.3 is 0 Å². The van der Waals surface area contributed by atoms with Crippen LogP contribution in [0, 0.1) is 0 Å². The minimum atomic E-state index is -0.275. The number of nitrogens with two attached hydrogens (primary N) is 1. The summed E-state index contributed by atoms with van der Waals surface area (Å²) in [6, 6.07) is 7.56. The molecule has 0 aliphatic carbocycles. The zero-order chi connectivity index (χ0) is 12.4. The highest BCUT2D eigenvalue weighted by atomic mass is 16.6. The summed E-state index contributed by atoms with van der Waals surface area (Å²) in [4.78, 5) is 4.34. The molecule has 1 aromatic heterocycles. The summed E-state index contributed by atoms with van der Waals surface area (Å²) in [7, 11) is 0. The van der Waals surface area contributed by atoms with Gasteiger partial charge in [-0.05, 0) is 18.7 Å². The number of hydrogen-bond acceptors (Lipinski definition) is 5. The lowest BCUT2D eigenvalue weighted by molar-refractivity contribution is 0.0853. The van der Waals surface area contributed by atoms with E-state index in [0.717, 1.165) is 17.3 Å². The molecule has 3 N–H and O–H groups in total. The molecule has 1 aromatic carbocycles. The molecule has 1 atom stereocenters. The van der Waals surface area contributed by atoms with Crippen LogP contribution in [0.1, 0.15) is 17.8 Å². The molecule has 1 aliphatic heterocycles. The number of H-pyrrole nitrogens is 1. The molecular formula is C12H14N4O2. The van der Waals surface area contributed by atoms with Crippen LogP contribution in [-0.2, 0) is 6.42 Å². The molecule has 3 rings (SSSR count). The molecule has 2 aromatic rings. The highest BCUT2D eigenvalue weighted by Crippen LogP contribution is 2.34. The van der Waals surface area contributed by atoms with Crippen molar-refractivity contribution in [2.75, 3.05) is 13.2 Å². The second-order valence-corrected chi connectivity index (χ2v) is 4.04. The Morgan fingerprint density at radius 1 is 1.33 bits per heavy atom. The standard InChI is InChI=1S/C12H14N4O2/c13-6-5-11-14-12(16-15-11)10-7-17-8-3-1-2-4-9(8)18-10/h1-4,10H,5-7,13H2,(H,14,15,16). The predicted octanol–water partition coefficient (Wildman–Crippen LogP) is 0.818. The first-order valence-corrected chi connectivity index (χ1v) is 5.86. The molecule has 6 nitrogen and oxygen atoms in total.